The lowest BCUT2D eigenvalue weighted by Gasteiger charge is -2.11. The van der Waals surface area contributed by atoms with Gasteiger partial charge in [0.25, 0.3) is 5.56 Å². The molecule has 0 fully saturated rings. The number of hydrogen-bond acceptors (Lipinski definition) is 3. The first-order valence-electron chi connectivity index (χ1n) is 7.62. The predicted molar refractivity (Wildman–Crippen MR) is 93.9 cm³/mol. The van der Waals surface area contributed by atoms with E-state index in [1.165, 1.54) is 4.68 Å². The molecule has 3 aromatic rings. The van der Waals surface area contributed by atoms with Crippen molar-refractivity contribution in [1.29, 1.82) is 0 Å². The standard InChI is InChI=1S/C18H18ClN3O/c19-14-8-6-13(7-9-14)12-17-15-4-1-2-5-16(15)18(23)22(21-17)11-3-10-20/h1-2,4-9H,3,10-12,20H2. The Labute approximate surface area is 139 Å². The van der Waals surface area contributed by atoms with Crippen molar-refractivity contribution in [2.75, 3.05) is 6.54 Å². The van der Waals surface area contributed by atoms with Crippen LogP contribution in [-0.4, -0.2) is 16.3 Å². The fraction of sp³-hybridized carbons (Fsp3) is 0.222. The summed E-state index contributed by atoms with van der Waals surface area (Å²) in [6, 6.07) is 15.3. The van der Waals surface area contributed by atoms with E-state index in [0.717, 1.165) is 23.1 Å². The Hall–Kier alpha value is -2.17. The van der Waals surface area contributed by atoms with Gasteiger partial charge in [-0.2, -0.15) is 5.10 Å². The maximum atomic E-state index is 12.5. The molecule has 3 rings (SSSR count). The van der Waals surface area contributed by atoms with E-state index in [9.17, 15) is 4.79 Å². The monoisotopic (exact) mass is 327 g/mol. The summed E-state index contributed by atoms with van der Waals surface area (Å²) in [4.78, 5) is 12.5. The first kappa shape index (κ1) is 15.7. The zero-order chi connectivity index (χ0) is 16.2. The fourth-order valence-electron chi connectivity index (χ4n) is 2.62. The van der Waals surface area contributed by atoms with Crippen molar-refractivity contribution in [3.8, 4) is 0 Å². The molecule has 0 spiro atoms. The summed E-state index contributed by atoms with van der Waals surface area (Å²) in [5, 5.41) is 6.88. The molecule has 0 bridgehead atoms. The summed E-state index contributed by atoms with van der Waals surface area (Å²) in [6.07, 6.45) is 1.38. The SMILES string of the molecule is NCCCn1nc(Cc2ccc(Cl)cc2)c2ccccc2c1=O. The molecule has 2 aromatic carbocycles. The molecular weight excluding hydrogens is 310 g/mol. The highest BCUT2D eigenvalue weighted by molar-refractivity contribution is 6.30. The largest absolute Gasteiger partial charge is 0.330 e. The Morgan fingerprint density at radius 3 is 2.43 bits per heavy atom. The summed E-state index contributed by atoms with van der Waals surface area (Å²) in [6.45, 7) is 1.07. The maximum absolute atomic E-state index is 12.5. The molecule has 23 heavy (non-hydrogen) atoms. The number of nitrogens with zero attached hydrogens (tertiary/aromatic N) is 2. The van der Waals surface area contributed by atoms with Crippen LogP contribution in [0.3, 0.4) is 0 Å². The van der Waals surface area contributed by atoms with Crippen molar-refractivity contribution in [2.45, 2.75) is 19.4 Å². The van der Waals surface area contributed by atoms with Crippen LogP contribution in [0.5, 0.6) is 0 Å². The Balaban J connectivity index is 2.08. The Morgan fingerprint density at radius 2 is 1.74 bits per heavy atom. The quantitative estimate of drug-likeness (QED) is 0.783. The summed E-state index contributed by atoms with van der Waals surface area (Å²) in [7, 11) is 0. The van der Waals surface area contributed by atoms with Crippen molar-refractivity contribution in [3.63, 3.8) is 0 Å². The molecule has 0 aliphatic rings. The number of nitrogens with two attached hydrogens (primary N) is 1. The number of aromatic nitrogens is 2. The van der Waals surface area contributed by atoms with E-state index in [1.807, 2.05) is 48.5 Å². The zero-order valence-electron chi connectivity index (χ0n) is 12.7. The van der Waals surface area contributed by atoms with Crippen molar-refractivity contribution in [1.82, 2.24) is 9.78 Å². The molecule has 0 saturated carbocycles. The summed E-state index contributed by atoms with van der Waals surface area (Å²) >= 11 is 5.94. The molecule has 0 aliphatic carbocycles. The lowest BCUT2D eigenvalue weighted by atomic mass is 10.0. The molecule has 0 amide bonds. The first-order chi connectivity index (χ1) is 11.2. The van der Waals surface area contributed by atoms with Gasteiger partial charge in [0, 0.05) is 23.4 Å². The van der Waals surface area contributed by atoms with Crippen LogP contribution in [0.4, 0.5) is 0 Å². The predicted octanol–water partition coefficient (Wildman–Crippen LogP) is 2.99. The Morgan fingerprint density at radius 1 is 1.04 bits per heavy atom. The number of benzene rings is 2. The van der Waals surface area contributed by atoms with E-state index >= 15 is 0 Å². The van der Waals surface area contributed by atoms with Crippen LogP contribution in [-0.2, 0) is 13.0 Å². The Bertz CT molecular complexity index is 872. The van der Waals surface area contributed by atoms with E-state index in [4.69, 9.17) is 17.3 Å². The third kappa shape index (κ3) is 3.44. The van der Waals surface area contributed by atoms with E-state index in [-0.39, 0.29) is 5.56 Å². The zero-order valence-corrected chi connectivity index (χ0v) is 13.5. The van der Waals surface area contributed by atoms with Crippen LogP contribution in [0.15, 0.2) is 53.3 Å². The molecular formula is C18H18ClN3O. The summed E-state index contributed by atoms with van der Waals surface area (Å²) < 4.78 is 1.53. The van der Waals surface area contributed by atoms with Crippen molar-refractivity contribution < 1.29 is 0 Å². The second-order valence-corrected chi connectivity index (χ2v) is 5.90. The molecule has 2 N–H and O–H groups in total. The lowest BCUT2D eigenvalue weighted by molar-refractivity contribution is 0.551. The average Bonchev–Trinajstić information content (AvgIpc) is 2.58. The average molecular weight is 328 g/mol. The van der Waals surface area contributed by atoms with Gasteiger partial charge in [0.1, 0.15) is 0 Å². The van der Waals surface area contributed by atoms with E-state index < -0.39 is 0 Å². The molecule has 0 radical (unpaired) electrons. The Kier molecular flexibility index (Phi) is 4.74. The lowest BCUT2D eigenvalue weighted by Crippen LogP contribution is -2.26. The normalized spacial score (nSPS) is 11.0. The smallest absolute Gasteiger partial charge is 0.274 e. The van der Waals surface area contributed by atoms with Gasteiger partial charge in [0.05, 0.1) is 11.1 Å². The van der Waals surface area contributed by atoms with Gasteiger partial charge in [-0.05, 0) is 36.7 Å². The molecule has 0 saturated heterocycles. The second kappa shape index (κ2) is 6.94. The highest BCUT2D eigenvalue weighted by Crippen LogP contribution is 2.18. The van der Waals surface area contributed by atoms with Gasteiger partial charge in [-0.3, -0.25) is 4.79 Å². The van der Waals surface area contributed by atoms with Crippen molar-refractivity contribution in [3.05, 3.63) is 75.2 Å². The van der Waals surface area contributed by atoms with Gasteiger partial charge < -0.3 is 5.73 Å². The molecule has 1 heterocycles. The molecule has 0 aliphatic heterocycles. The molecule has 4 nitrogen and oxygen atoms in total. The fourth-order valence-corrected chi connectivity index (χ4v) is 2.75. The van der Waals surface area contributed by atoms with Crippen molar-refractivity contribution in [2.24, 2.45) is 5.73 Å². The number of aryl methyl sites for hydroxylation is 1. The number of rotatable bonds is 5. The molecule has 0 atom stereocenters. The number of fused-ring (bicyclic) bond motifs is 1. The third-order valence-corrected chi connectivity index (χ3v) is 4.06. The van der Waals surface area contributed by atoms with Gasteiger partial charge in [0.2, 0.25) is 0 Å². The minimum absolute atomic E-state index is 0.0612. The number of hydrogen-bond donors (Lipinski definition) is 1. The maximum Gasteiger partial charge on any atom is 0.274 e. The van der Waals surface area contributed by atoms with E-state index in [1.54, 1.807) is 0 Å². The van der Waals surface area contributed by atoms with Crippen LogP contribution in [0, 0.1) is 0 Å². The van der Waals surface area contributed by atoms with Crippen molar-refractivity contribution >= 4 is 22.4 Å². The topological polar surface area (TPSA) is 60.9 Å². The first-order valence-corrected chi connectivity index (χ1v) is 8.00. The summed E-state index contributed by atoms with van der Waals surface area (Å²) in [5.41, 5.74) is 7.49. The highest BCUT2D eigenvalue weighted by atomic mass is 35.5. The van der Waals surface area contributed by atoms with Crippen LogP contribution < -0.4 is 11.3 Å². The number of halogens is 1. The molecule has 0 unspecified atom stereocenters. The van der Waals surface area contributed by atoms with Crippen LogP contribution in [0.25, 0.3) is 10.8 Å². The third-order valence-electron chi connectivity index (χ3n) is 3.80. The van der Waals surface area contributed by atoms with Crippen LogP contribution >= 0.6 is 11.6 Å². The van der Waals surface area contributed by atoms with Gasteiger partial charge in [-0.1, -0.05) is 41.9 Å². The van der Waals surface area contributed by atoms with Crippen LogP contribution in [0.1, 0.15) is 17.7 Å². The van der Waals surface area contributed by atoms with E-state index in [0.29, 0.717) is 29.9 Å². The molecule has 118 valence electrons. The van der Waals surface area contributed by atoms with Gasteiger partial charge in [0.15, 0.2) is 0 Å². The minimum atomic E-state index is -0.0612. The minimum Gasteiger partial charge on any atom is -0.330 e. The molecule has 1 aromatic heterocycles. The summed E-state index contributed by atoms with van der Waals surface area (Å²) in [5.74, 6) is 0. The van der Waals surface area contributed by atoms with Gasteiger partial charge in [-0.25, -0.2) is 4.68 Å². The van der Waals surface area contributed by atoms with E-state index in [2.05, 4.69) is 5.10 Å². The molecule has 5 heteroatoms. The second-order valence-electron chi connectivity index (χ2n) is 5.47. The van der Waals surface area contributed by atoms with Gasteiger partial charge >= 0.3 is 0 Å². The highest BCUT2D eigenvalue weighted by Gasteiger charge is 2.10. The van der Waals surface area contributed by atoms with Gasteiger partial charge in [-0.15, -0.1) is 0 Å². The van der Waals surface area contributed by atoms with Crippen LogP contribution in [0.2, 0.25) is 5.02 Å².